The van der Waals surface area contributed by atoms with Crippen LogP contribution < -0.4 is 0 Å². The van der Waals surface area contributed by atoms with Gasteiger partial charge in [-0.1, -0.05) is 23.7 Å². The molecule has 0 bridgehead atoms. The average molecular weight is 256 g/mol. The van der Waals surface area contributed by atoms with Crippen molar-refractivity contribution in [2.45, 2.75) is 28.9 Å². The van der Waals surface area contributed by atoms with Crippen molar-refractivity contribution in [1.82, 2.24) is 0 Å². The van der Waals surface area contributed by atoms with Gasteiger partial charge in [-0.2, -0.15) is 5.26 Å². The van der Waals surface area contributed by atoms with E-state index in [0.717, 1.165) is 6.42 Å². The first-order valence-electron chi connectivity index (χ1n) is 4.94. The molecule has 0 saturated heterocycles. The summed E-state index contributed by atoms with van der Waals surface area (Å²) in [5.74, 6) is 0. The zero-order valence-corrected chi connectivity index (χ0v) is 10.1. The van der Waals surface area contributed by atoms with Gasteiger partial charge in [0, 0.05) is 0 Å². The Kier molecular flexibility index (Phi) is 2.69. The topological polar surface area (TPSA) is 57.9 Å². The Hall–Kier alpha value is -1.05. The van der Waals surface area contributed by atoms with Crippen LogP contribution in [0.2, 0.25) is 5.02 Å². The first-order chi connectivity index (χ1) is 7.53. The molecule has 1 aliphatic carbocycles. The molecule has 0 radical (unpaired) electrons. The van der Waals surface area contributed by atoms with Gasteiger partial charge < -0.3 is 0 Å². The molecule has 1 aromatic carbocycles. The predicted octanol–water partition coefficient (Wildman–Crippen LogP) is 2.56. The molecule has 0 heterocycles. The molecule has 1 aromatic rings. The van der Waals surface area contributed by atoms with Gasteiger partial charge >= 0.3 is 0 Å². The monoisotopic (exact) mass is 255 g/mol. The third-order valence-corrected chi connectivity index (χ3v) is 5.91. The number of hydrogen-bond acceptors (Lipinski definition) is 3. The quantitative estimate of drug-likeness (QED) is 0.816. The molecule has 0 aliphatic heterocycles. The number of nitriles is 1. The summed E-state index contributed by atoms with van der Waals surface area (Å²) in [7, 11) is -3.64. The highest BCUT2D eigenvalue weighted by Gasteiger charge is 2.50. The van der Waals surface area contributed by atoms with Gasteiger partial charge in [0.2, 0.25) is 0 Å². The summed E-state index contributed by atoms with van der Waals surface area (Å²) < 4.78 is 23.3. The van der Waals surface area contributed by atoms with E-state index in [-0.39, 0.29) is 9.92 Å². The van der Waals surface area contributed by atoms with Crippen molar-refractivity contribution in [3.8, 4) is 6.07 Å². The molecule has 0 N–H and O–H groups in total. The van der Waals surface area contributed by atoms with Crippen molar-refractivity contribution in [2.24, 2.45) is 0 Å². The van der Waals surface area contributed by atoms with E-state index in [1.165, 1.54) is 12.1 Å². The molecule has 0 atom stereocenters. The van der Waals surface area contributed by atoms with Gasteiger partial charge in [-0.05, 0) is 31.4 Å². The maximum Gasteiger partial charge on any atom is 0.198 e. The molecule has 16 heavy (non-hydrogen) atoms. The van der Waals surface area contributed by atoms with Gasteiger partial charge in [-0.15, -0.1) is 0 Å². The molecule has 1 saturated carbocycles. The Labute approximate surface area is 99.6 Å². The third-order valence-electron chi connectivity index (χ3n) is 3.01. The van der Waals surface area contributed by atoms with E-state index >= 15 is 0 Å². The van der Waals surface area contributed by atoms with E-state index in [4.69, 9.17) is 16.9 Å². The molecule has 2 rings (SSSR count). The van der Waals surface area contributed by atoms with E-state index in [1.54, 1.807) is 12.1 Å². The summed E-state index contributed by atoms with van der Waals surface area (Å²) in [6.45, 7) is 0. The number of benzene rings is 1. The Bertz CT molecular complexity index is 556. The van der Waals surface area contributed by atoms with Gasteiger partial charge in [-0.3, -0.25) is 0 Å². The lowest BCUT2D eigenvalue weighted by Gasteiger charge is -2.34. The summed E-state index contributed by atoms with van der Waals surface area (Å²) in [5.41, 5.74) is 0. The van der Waals surface area contributed by atoms with Crippen LogP contribution in [0.4, 0.5) is 0 Å². The zero-order chi connectivity index (χ0) is 11.8. The molecule has 84 valence electrons. The van der Waals surface area contributed by atoms with Crippen LogP contribution in [0.3, 0.4) is 0 Å². The molecular formula is C11H10ClNO2S. The Morgan fingerprint density at radius 2 is 1.94 bits per heavy atom. The largest absolute Gasteiger partial charge is 0.222 e. The summed E-state index contributed by atoms with van der Waals surface area (Å²) in [6, 6.07) is 8.20. The van der Waals surface area contributed by atoms with Crippen LogP contribution in [0.25, 0.3) is 0 Å². The molecule has 0 aromatic heterocycles. The minimum absolute atomic E-state index is 0.0675. The Morgan fingerprint density at radius 3 is 2.38 bits per heavy atom. The first kappa shape index (κ1) is 11.4. The van der Waals surface area contributed by atoms with E-state index in [1.807, 2.05) is 6.07 Å². The van der Waals surface area contributed by atoms with Crippen molar-refractivity contribution < 1.29 is 8.42 Å². The van der Waals surface area contributed by atoms with Crippen LogP contribution in [-0.4, -0.2) is 13.2 Å². The van der Waals surface area contributed by atoms with Crippen molar-refractivity contribution in [3.63, 3.8) is 0 Å². The first-order valence-corrected chi connectivity index (χ1v) is 6.80. The van der Waals surface area contributed by atoms with Crippen molar-refractivity contribution in [3.05, 3.63) is 29.3 Å². The fourth-order valence-corrected chi connectivity index (χ4v) is 4.20. The lowest BCUT2D eigenvalue weighted by Crippen LogP contribution is -2.43. The summed E-state index contributed by atoms with van der Waals surface area (Å²) >= 11 is 5.86. The van der Waals surface area contributed by atoms with Gasteiger partial charge in [0.05, 0.1) is 16.0 Å². The molecule has 0 unspecified atom stereocenters. The minimum atomic E-state index is -3.64. The number of nitrogens with zero attached hydrogens (tertiary/aromatic N) is 1. The lowest BCUT2D eigenvalue weighted by atomic mass is 9.86. The molecule has 1 fully saturated rings. The summed E-state index contributed by atoms with van der Waals surface area (Å²) in [4.78, 5) is 0.0675. The van der Waals surface area contributed by atoms with Gasteiger partial charge in [-0.25, -0.2) is 8.42 Å². The third kappa shape index (κ3) is 1.43. The number of sulfone groups is 1. The van der Waals surface area contributed by atoms with Crippen LogP contribution in [-0.2, 0) is 9.84 Å². The lowest BCUT2D eigenvalue weighted by molar-refractivity contribution is 0.406. The van der Waals surface area contributed by atoms with Gasteiger partial charge in [0.1, 0.15) is 0 Å². The number of halogens is 1. The normalized spacial score (nSPS) is 18.5. The van der Waals surface area contributed by atoms with Crippen molar-refractivity contribution in [1.29, 1.82) is 5.26 Å². The maximum atomic E-state index is 12.3. The van der Waals surface area contributed by atoms with E-state index in [9.17, 15) is 8.42 Å². The predicted molar refractivity (Wildman–Crippen MR) is 60.8 cm³/mol. The van der Waals surface area contributed by atoms with Crippen molar-refractivity contribution >= 4 is 21.4 Å². The molecule has 5 heteroatoms. The van der Waals surface area contributed by atoms with E-state index < -0.39 is 14.6 Å². The fraction of sp³-hybridized carbons (Fsp3) is 0.364. The Morgan fingerprint density at radius 1 is 1.31 bits per heavy atom. The van der Waals surface area contributed by atoms with Crippen LogP contribution >= 0.6 is 11.6 Å². The fourth-order valence-electron chi connectivity index (χ4n) is 1.81. The SMILES string of the molecule is N#CC1(S(=O)(=O)c2ccccc2Cl)CCC1. The molecule has 0 amide bonds. The second-order valence-corrected chi connectivity index (χ2v) is 6.53. The maximum absolute atomic E-state index is 12.3. The average Bonchev–Trinajstić information content (AvgIpc) is 2.16. The number of hydrogen-bond donors (Lipinski definition) is 0. The second-order valence-electron chi connectivity index (χ2n) is 3.89. The smallest absolute Gasteiger partial charge is 0.198 e. The number of rotatable bonds is 2. The van der Waals surface area contributed by atoms with Crippen LogP contribution in [0.15, 0.2) is 29.2 Å². The van der Waals surface area contributed by atoms with Gasteiger partial charge in [0.25, 0.3) is 0 Å². The molecule has 1 aliphatic rings. The highest BCUT2D eigenvalue weighted by atomic mass is 35.5. The summed E-state index contributed by atoms with van der Waals surface area (Å²) in [5, 5.41) is 9.24. The minimum Gasteiger partial charge on any atom is -0.222 e. The highest BCUT2D eigenvalue weighted by Crippen LogP contribution is 2.43. The Balaban J connectivity index is 2.57. The summed E-state index contributed by atoms with van der Waals surface area (Å²) in [6.07, 6.45) is 1.57. The van der Waals surface area contributed by atoms with Crippen molar-refractivity contribution in [2.75, 3.05) is 0 Å². The van der Waals surface area contributed by atoms with Gasteiger partial charge in [0.15, 0.2) is 14.6 Å². The standard InChI is InChI=1S/C11H10ClNO2S/c12-9-4-1-2-5-10(9)16(14,15)11(8-13)6-3-7-11/h1-2,4-5H,3,6-7H2. The van der Waals surface area contributed by atoms with E-state index in [0.29, 0.717) is 12.8 Å². The molecule has 0 spiro atoms. The highest BCUT2D eigenvalue weighted by molar-refractivity contribution is 7.93. The molecule has 3 nitrogen and oxygen atoms in total. The van der Waals surface area contributed by atoms with Crippen LogP contribution in [0, 0.1) is 11.3 Å². The molecular weight excluding hydrogens is 246 g/mol. The van der Waals surface area contributed by atoms with Crippen LogP contribution in [0.1, 0.15) is 19.3 Å². The second kappa shape index (κ2) is 3.76. The van der Waals surface area contributed by atoms with E-state index in [2.05, 4.69) is 0 Å². The zero-order valence-electron chi connectivity index (χ0n) is 8.48. The van der Waals surface area contributed by atoms with Crippen LogP contribution in [0.5, 0.6) is 0 Å².